The predicted octanol–water partition coefficient (Wildman–Crippen LogP) is 2.05. The molecule has 0 bridgehead atoms. The first-order chi connectivity index (χ1) is 9.17. The zero-order valence-corrected chi connectivity index (χ0v) is 11.0. The Bertz CT molecular complexity index is 610. The number of ether oxygens (including phenoxy) is 1. The van der Waals surface area contributed by atoms with Crippen molar-refractivity contribution in [1.82, 2.24) is 9.97 Å². The standard InChI is InChI=1S/C14H16N4O/c1-3-12-17-8-10(14(16)18-12)13(15)9-6-4-5-7-11(9)19-2/h4-8,15H,3H2,1-2H3,(H2,16,17,18). The molecule has 0 aliphatic carbocycles. The van der Waals surface area contributed by atoms with Crippen LogP contribution in [0.3, 0.4) is 0 Å². The van der Waals surface area contributed by atoms with Crippen LogP contribution < -0.4 is 10.5 Å². The van der Waals surface area contributed by atoms with Gasteiger partial charge in [0.1, 0.15) is 17.4 Å². The van der Waals surface area contributed by atoms with Gasteiger partial charge in [0.25, 0.3) is 0 Å². The molecule has 19 heavy (non-hydrogen) atoms. The molecule has 0 spiro atoms. The van der Waals surface area contributed by atoms with Gasteiger partial charge in [-0.2, -0.15) is 0 Å². The number of nitrogens with one attached hydrogen (secondary N) is 1. The molecule has 2 aromatic rings. The Kier molecular flexibility index (Phi) is 3.75. The minimum atomic E-state index is 0.262. The van der Waals surface area contributed by atoms with Crippen molar-refractivity contribution in [2.24, 2.45) is 0 Å². The monoisotopic (exact) mass is 256 g/mol. The van der Waals surface area contributed by atoms with Crippen molar-refractivity contribution in [3.63, 3.8) is 0 Å². The summed E-state index contributed by atoms with van der Waals surface area (Å²) in [7, 11) is 1.58. The van der Waals surface area contributed by atoms with E-state index in [2.05, 4.69) is 9.97 Å². The van der Waals surface area contributed by atoms with E-state index in [9.17, 15) is 0 Å². The molecule has 3 N–H and O–H groups in total. The van der Waals surface area contributed by atoms with Crippen molar-refractivity contribution in [3.8, 4) is 5.75 Å². The first kappa shape index (κ1) is 13.0. The van der Waals surface area contributed by atoms with Crippen LogP contribution in [0.25, 0.3) is 0 Å². The Balaban J connectivity index is 2.44. The van der Waals surface area contributed by atoms with E-state index in [1.165, 1.54) is 0 Å². The number of methoxy groups -OCH3 is 1. The van der Waals surface area contributed by atoms with E-state index in [1.807, 2.05) is 25.1 Å². The third kappa shape index (κ3) is 2.54. The molecule has 0 aliphatic rings. The third-order valence-electron chi connectivity index (χ3n) is 2.83. The van der Waals surface area contributed by atoms with Crippen molar-refractivity contribution in [2.45, 2.75) is 13.3 Å². The summed E-state index contributed by atoms with van der Waals surface area (Å²) in [6.07, 6.45) is 2.31. The highest BCUT2D eigenvalue weighted by Gasteiger charge is 2.14. The van der Waals surface area contributed by atoms with Crippen molar-refractivity contribution < 1.29 is 4.74 Å². The zero-order valence-electron chi connectivity index (χ0n) is 11.0. The van der Waals surface area contributed by atoms with E-state index in [1.54, 1.807) is 19.4 Å². The van der Waals surface area contributed by atoms with Crippen LogP contribution in [0.2, 0.25) is 0 Å². The molecular weight excluding hydrogens is 240 g/mol. The Labute approximate surface area is 112 Å². The molecule has 0 saturated carbocycles. The zero-order chi connectivity index (χ0) is 13.8. The molecule has 1 aromatic carbocycles. The number of anilines is 1. The molecular formula is C14H16N4O. The quantitative estimate of drug-likeness (QED) is 0.820. The molecule has 1 heterocycles. The van der Waals surface area contributed by atoms with Crippen molar-refractivity contribution >= 4 is 11.5 Å². The molecule has 5 heteroatoms. The molecule has 0 amide bonds. The Morgan fingerprint density at radius 2 is 2.05 bits per heavy atom. The maximum atomic E-state index is 8.24. The molecule has 0 aliphatic heterocycles. The van der Waals surface area contributed by atoms with Gasteiger partial charge in [-0.1, -0.05) is 19.1 Å². The number of benzene rings is 1. The lowest BCUT2D eigenvalue weighted by atomic mass is 10.0. The fourth-order valence-corrected chi connectivity index (χ4v) is 1.79. The maximum absolute atomic E-state index is 8.24. The SMILES string of the molecule is CCc1ncc(C(=N)c2ccccc2OC)c(N)n1. The van der Waals surface area contributed by atoms with E-state index in [-0.39, 0.29) is 5.71 Å². The second-order valence-corrected chi connectivity index (χ2v) is 4.01. The number of aromatic nitrogens is 2. The van der Waals surface area contributed by atoms with Crippen LogP contribution in [0, 0.1) is 5.41 Å². The summed E-state index contributed by atoms with van der Waals surface area (Å²) in [5.41, 5.74) is 7.34. The number of rotatable bonds is 4. The highest BCUT2D eigenvalue weighted by Crippen LogP contribution is 2.22. The molecule has 0 radical (unpaired) electrons. The second-order valence-electron chi connectivity index (χ2n) is 4.01. The van der Waals surface area contributed by atoms with Crippen LogP contribution in [0.4, 0.5) is 5.82 Å². The molecule has 0 atom stereocenters. The predicted molar refractivity (Wildman–Crippen MR) is 74.7 cm³/mol. The molecule has 5 nitrogen and oxygen atoms in total. The molecule has 0 fully saturated rings. The fourth-order valence-electron chi connectivity index (χ4n) is 1.79. The minimum absolute atomic E-state index is 0.262. The average Bonchev–Trinajstić information content (AvgIpc) is 2.46. The summed E-state index contributed by atoms with van der Waals surface area (Å²) in [5.74, 6) is 1.63. The van der Waals surface area contributed by atoms with Gasteiger partial charge in [0.15, 0.2) is 0 Å². The summed E-state index contributed by atoms with van der Waals surface area (Å²) in [6, 6.07) is 7.33. The summed E-state index contributed by atoms with van der Waals surface area (Å²) in [4.78, 5) is 8.37. The summed E-state index contributed by atoms with van der Waals surface area (Å²) in [5, 5.41) is 8.24. The van der Waals surface area contributed by atoms with Crippen LogP contribution >= 0.6 is 0 Å². The number of para-hydroxylation sites is 1. The molecule has 0 unspecified atom stereocenters. The molecule has 2 rings (SSSR count). The summed E-state index contributed by atoms with van der Waals surface area (Å²) in [6.45, 7) is 1.96. The van der Waals surface area contributed by atoms with E-state index >= 15 is 0 Å². The van der Waals surface area contributed by atoms with Gasteiger partial charge in [-0.3, -0.25) is 5.41 Å². The lowest BCUT2D eigenvalue weighted by molar-refractivity contribution is 0.414. The smallest absolute Gasteiger partial charge is 0.136 e. The molecule has 1 aromatic heterocycles. The number of hydrogen-bond acceptors (Lipinski definition) is 5. The highest BCUT2D eigenvalue weighted by atomic mass is 16.5. The van der Waals surface area contributed by atoms with Gasteiger partial charge in [-0.05, 0) is 12.1 Å². The number of nitrogens with zero attached hydrogens (tertiary/aromatic N) is 2. The van der Waals surface area contributed by atoms with Crippen LogP contribution in [0.5, 0.6) is 5.75 Å². The first-order valence-electron chi connectivity index (χ1n) is 6.01. The Morgan fingerprint density at radius 3 is 2.68 bits per heavy atom. The third-order valence-corrected chi connectivity index (χ3v) is 2.83. The fraction of sp³-hybridized carbons (Fsp3) is 0.214. The topological polar surface area (TPSA) is 84.9 Å². The summed E-state index contributed by atoms with van der Waals surface area (Å²) < 4.78 is 5.25. The minimum Gasteiger partial charge on any atom is -0.496 e. The largest absolute Gasteiger partial charge is 0.496 e. The van der Waals surface area contributed by atoms with Crippen molar-refractivity contribution in [1.29, 1.82) is 5.41 Å². The Morgan fingerprint density at radius 1 is 1.32 bits per heavy atom. The van der Waals surface area contributed by atoms with Gasteiger partial charge < -0.3 is 10.5 Å². The number of hydrogen-bond donors (Lipinski definition) is 2. The lowest BCUT2D eigenvalue weighted by Crippen LogP contribution is -2.10. The lowest BCUT2D eigenvalue weighted by Gasteiger charge is -2.11. The number of nitrogens with two attached hydrogens (primary N) is 1. The first-order valence-corrected chi connectivity index (χ1v) is 6.01. The van der Waals surface area contributed by atoms with Crippen LogP contribution in [-0.4, -0.2) is 22.8 Å². The molecule has 0 saturated heterocycles. The Hall–Kier alpha value is -2.43. The average molecular weight is 256 g/mol. The van der Waals surface area contributed by atoms with E-state index < -0.39 is 0 Å². The van der Waals surface area contributed by atoms with E-state index in [0.29, 0.717) is 34.9 Å². The number of nitrogen functional groups attached to an aromatic ring is 1. The van der Waals surface area contributed by atoms with Gasteiger partial charge in [0, 0.05) is 18.2 Å². The maximum Gasteiger partial charge on any atom is 0.136 e. The number of aryl methyl sites for hydroxylation is 1. The van der Waals surface area contributed by atoms with Crippen LogP contribution in [0.1, 0.15) is 23.9 Å². The molecule has 98 valence electrons. The van der Waals surface area contributed by atoms with Crippen LogP contribution in [0.15, 0.2) is 30.5 Å². The normalized spacial score (nSPS) is 10.2. The van der Waals surface area contributed by atoms with Crippen LogP contribution in [-0.2, 0) is 6.42 Å². The van der Waals surface area contributed by atoms with Crippen molar-refractivity contribution in [2.75, 3.05) is 12.8 Å². The van der Waals surface area contributed by atoms with Gasteiger partial charge in [0.05, 0.1) is 18.4 Å². The van der Waals surface area contributed by atoms with Gasteiger partial charge >= 0.3 is 0 Å². The van der Waals surface area contributed by atoms with Crippen molar-refractivity contribution in [3.05, 3.63) is 47.4 Å². The van der Waals surface area contributed by atoms with E-state index in [0.717, 1.165) is 0 Å². The highest BCUT2D eigenvalue weighted by molar-refractivity contribution is 6.14. The van der Waals surface area contributed by atoms with Gasteiger partial charge in [0.2, 0.25) is 0 Å². The van der Waals surface area contributed by atoms with E-state index in [4.69, 9.17) is 15.9 Å². The van der Waals surface area contributed by atoms with Gasteiger partial charge in [-0.15, -0.1) is 0 Å². The van der Waals surface area contributed by atoms with Gasteiger partial charge in [-0.25, -0.2) is 9.97 Å². The summed E-state index contributed by atoms with van der Waals surface area (Å²) >= 11 is 0. The second kappa shape index (κ2) is 5.48.